The molecule has 2 saturated heterocycles. The molecule has 2 amide bonds. The number of piperidine rings is 1. The van der Waals surface area contributed by atoms with Gasteiger partial charge in [0.05, 0.1) is 12.1 Å². The summed E-state index contributed by atoms with van der Waals surface area (Å²) in [6, 6.07) is 0.827. The maximum atomic E-state index is 11.1. The number of urea groups is 1. The van der Waals surface area contributed by atoms with Crippen LogP contribution in [0, 0.1) is 0 Å². The second-order valence-corrected chi connectivity index (χ2v) is 3.23. The van der Waals surface area contributed by atoms with Gasteiger partial charge in [-0.3, -0.25) is 0 Å². The largest absolute Gasteiger partial charge is 0.332 e. The van der Waals surface area contributed by atoms with Crippen LogP contribution >= 0.6 is 0 Å². The Balaban J connectivity index is 2.11. The van der Waals surface area contributed by atoms with Crippen LogP contribution in [-0.2, 0) is 0 Å². The van der Waals surface area contributed by atoms with Crippen molar-refractivity contribution < 1.29 is 4.79 Å². The Kier molecular flexibility index (Phi) is 1.49. The summed E-state index contributed by atoms with van der Waals surface area (Å²) < 4.78 is 0. The first-order valence-corrected chi connectivity index (χ1v) is 4.03. The molecule has 0 aromatic heterocycles. The van der Waals surface area contributed by atoms with Crippen LogP contribution in [0.3, 0.4) is 0 Å². The van der Waals surface area contributed by atoms with Gasteiger partial charge in [0, 0.05) is 13.6 Å². The van der Waals surface area contributed by atoms with Gasteiger partial charge in [-0.25, -0.2) is 4.79 Å². The predicted molar refractivity (Wildman–Crippen MR) is 41.4 cm³/mol. The van der Waals surface area contributed by atoms with Crippen molar-refractivity contribution in [3.05, 3.63) is 0 Å². The summed E-state index contributed by atoms with van der Waals surface area (Å²) in [5, 5.41) is 6.19. The molecule has 0 aromatic rings. The first kappa shape index (κ1) is 6.91. The van der Waals surface area contributed by atoms with Gasteiger partial charge >= 0.3 is 6.03 Å². The van der Waals surface area contributed by atoms with E-state index in [0.717, 1.165) is 19.5 Å². The van der Waals surface area contributed by atoms with Crippen molar-refractivity contribution in [1.82, 2.24) is 15.5 Å². The average molecular weight is 155 g/mol. The number of hydrogen-bond acceptors (Lipinski definition) is 2. The van der Waals surface area contributed by atoms with Crippen molar-refractivity contribution in [2.45, 2.75) is 18.5 Å². The van der Waals surface area contributed by atoms with Crippen LogP contribution in [0.15, 0.2) is 0 Å². The number of rotatable bonds is 0. The summed E-state index contributed by atoms with van der Waals surface area (Å²) in [6.07, 6.45) is 1.07. The normalized spacial score (nSPS) is 36.8. The van der Waals surface area contributed by atoms with E-state index in [1.807, 2.05) is 11.9 Å². The predicted octanol–water partition coefficient (Wildman–Crippen LogP) is -0.628. The molecule has 2 atom stereocenters. The lowest BCUT2D eigenvalue weighted by Crippen LogP contribution is -2.48. The maximum Gasteiger partial charge on any atom is 0.317 e. The van der Waals surface area contributed by atoms with Crippen LogP contribution in [0.2, 0.25) is 0 Å². The number of nitrogens with one attached hydrogen (secondary N) is 2. The number of carbonyl (C=O) groups is 1. The zero-order valence-electron chi connectivity index (χ0n) is 6.63. The molecule has 0 bridgehead atoms. The van der Waals surface area contributed by atoms with Gasteiger partial charge in [-0.2, -0.15) is 0 Å². The van der Waals surface area contributed by atoms with E-state index in [9.17, 15) is 4.79 Å². The minimum Gasteiger partial charge on any atom is -0.332 e. The number of amides is 2. The highest BCUT2D eigenvalue weighted by Gasteiger charge is 2.37. The SMILES string of the molecule is CN1C(=O)N[C@H]2CNCC[C@@H]21. The molecule has 0 aliphatic carbocycles. The Labute approximate surface area is 65.9 Å². The van der Waals surface area contributed by atoms with Crippen LogP contribution in [0.25, 0.3) is 0 Å². The van der Waals surface area contributed by atoms with Crippen LogP contribution in [0.4, 0.5) is 4.79 Å². The van der Waals surface area contributed by atoms with E-state index in [1.165, 1.54) is 0 Å². The molecule has 0 aromatic carbocycles. The van der Waals surface area contributed by atoms with Gasteiger partial charge in [-0.15, -0.1) is 0 Å². The molecule has 2 aliphatic rings. The Morgan fingerprint density at radius 2 is 2.45 bits per heavy atom. The van der Waals surface area contributed by atoms with E-state index in [-0.39, 0.29) is 6.03 Å². The Morgan fingerprint density at radius 1 is 1.64 bits per heavy atom. The third kappa shape index (κ3) is 0.976. The number of carbonyl (C=O) groups excluding carboxylic acids is 1. The first-order valence-electron chi connectivity index (χ1n) is 4.03. The Hall–Kier alpha value is -0.770. The quantitative estimate of drug-likeness (QED) is 0.489. The molecule has 0 unspecified atom stereocenters. The van der Waals surface area contributed by atoms with Gasteiger partial charge < -0.3 is 15.5 Å². The molecule has 11 heavy (non-hydrogen) atoms. The molecule has 2 N–H and O–H groups in total. The first-order chi connectivity index (χ1) is 5.29. The highest BCUT2D eigenvalue weighted by atomic mass is 16.2. The Bertz CT molecular complexity index is 183. The molecular weight excluding hydrogens is 142 g/mol. The fourth-order valence-corrected chi connectivity index (χ4v) is 1.87. The monoisotopic (exact) mass is 155 g/mol. The zero-order chi connectivity index (χ0) is 7.84. The molecular formula is C7H13N3O. The van der Waals surface area contributed by atoms with E-state index < -0.39 is 0 Å². The highest BCUT2D eigenvalue weighted by Crippen LogP contribution is 2.16. The third-order valence-electron chi connectivity index (χ3n) is 2.57. The minimum absolute atomic E-state index is 0.0729. The lowest BCUT2D eigenvalue weighted by atomic mass is 10.0. The fraction of sp³-hybridized carbons (Fsp3) is 0.857. The van der Waals surface area contributed by atoms with Crippen molar-refractivity contribution in [3.63, 3.8) is 0 Å². The smallest absolute Gasteiger partial charge is 0.317 e. The van der Waals surface area contributed by atoms with Crippen LogP contribution in [0.5, 0.6) is 0 Å². The standard InChI is InChI=1S/C7H13N3O/c1-10-6-2-3-8-4-5(6)9-7(10)11/h5-6,8H,2-4H2,1H3,(H,9,11)/t5-,6-/m0/s1. The van der Waals surface area contributed by atoms with Crippen molar-refractivity contribution in [2.24, 2.45) is 0 Å². The highest BCUT2D eigenvalue weighted by molar-refractivity contribution is 5.77. The third-order valence-corrected chi connectivity index (χ3v) is 2.57. The molecule has 4 heteroatoms. The van der Waals surface area contributed by atoms with E-state index >= 15 is 0 Å². The molecule has 62 valence electrons. The summed E-state index contributed by atoms with van der Waals surface area (Å²) in [5.74, 6) is 0. The molecule has 0 saturated carbocycles. The van der Waals surface area contributed by atoms with Gasteiger partial charge in [0.15, 0.2) is 0 Å². The Morgan fingerprint density at radius 3 is 3.18 bits per heavy atom. The van der Waals surface area contributed by atoms with Gasteiger partial charge in [0.1, 0.15) is 0 Å². The van der Waals surface area contributed by atoms with Crippen molar-refractivity contribution in [3.8, 4) is 0 Å². The molecule has 0 radical (unpaired) electrons. The van der Waals surface area contributed by atoms with Gasteiger partial charge in [-0.05, 0) is 13.0 Å². The summed E-state index contributed by atoms with van der Waals surface area (Å²) in [7, 11) is 1.87. The average Bonchev–Trinajstić information content (AvgIpc) is 2.30. The number of nitrogens with zero attached hydrogens (tertiary/aromatic N) is 1. The summed E-state index contributed by atoms with van der Waals surface area (Å²) >= 11 is 0. The molecule has 2 aliphatic heterocycles. The van der Waals surface area contributed by atoms with E-state index in [0.29, 0.717) is 12.1 Å². The summed E-state index contributed by atoms with van der Waals surface area (Å²) in [4.78, 5) is 12.9. The van der Waals surface area contributed by atoms with Crippen molar-refractivity contribution >= 4 is 6.03 Å². The molecule has 2 fully saturated rings. The molecule has 0 spiro atoms. The lowest BCUT2D eigenvalue weighted by molar-refractivity contribution is 0.210. The second-order valence-electron chi connectivity index (χ2n) is 3.23. The molecule has 4 nitrogen and oxygen atoms in total. The van der Waals surface area contributed by atoms with E-state index in [4.69, 9.17) is 0 Å². The lowest BCUT2D eigenvalue weighted by Gasteiger charge is -2.27. The number of likely N-dealkylation sites (N-methyl/N-ethyl adjacent to an activating group) is 1. The van der Waals surface area contributed by atoms with Crippen LogP contribution in [0.1, 0.15) is 6.42 Å². The topological polar surface area (TPSA) is 44.4 Å². The minimum atomic E-state index is 0.0729. The van der Waals surface area contributed by atoms with Gasteiger partial charge in [0.25, 0.3) is 0 Å². The number of hydrogen-bond donors (Lipinski definition) is 2. The fourth-order valence-electron chi connectivity index (χ4n) is 1.87. The summed E-state index contributed by atoms with van der Waals surface area (Å²) in [6.45, 7) is 1.95. The van der Waals surface area contributed by atoms with Crippen LogP contribution in [-0.4, -0.2) is 43.2 Å². The molecule has 2 heterocycles. The summed E-state index contributed by atoms with van der Waals surface area (Å²) in [5.41, 5.74) is 0. The van der Waals surface area contributed by atoms with Gasteiger partial charge in [0.2, 0.25) is 0 Å². The van der Waals surface area contributed by atoms with Crippen molar-refractivity contribution in [1.29, 1.82) is 0 Å². The van der Waals surface area contributed by atoms with E-state index in [2.05, 4.69) is 10.6 Å². The second kappa shape index (κ2) is 2.37. The maximum absolute atomic E-state index is 11.1. The van der Waals surface area contributed by atoms with E-state index in [1.54, 1.807) is 0 Å². The van der Waals surface area contributed by atoms with Crippen molar-refractivity contribution in [2.75, 3.05) is 20.1 Å². The number of fused-ring (bicyclic) bond motifs is 1. The van der Waals surface area contributed by atoms with Crippen LogP contribution < -0.4 is 10.6 Å². The van der Waals surface area contributed by atoms with Gasteiger partial charge in [-0.1, -0.05) is 0 Å². The zero-order valence-corrected chi connectivity index (χ0v) is 6.63. The molecule has 2 rings (SSSR count).